The molecule has 0 amide bonds. The SMILES string of the molecule is CC(=O)Oc1ccccc1-c1cc(C(F)(F)F)n(-c2nc(-c3ccc(Cl)cc3)cs2)n1. The van der Waals surface area contributed by atoms with Crippen molar-refractivity contribution in [3.8, 4) is 33.4 Å². The van der Waals surface area contributed by atoms with Crippen molar-refractivity contribution in [3.63, 3.8) is 0 Å². The van der Waals surface area contributed by atoms with Crippen molar-refractivity contribution in [2.45, 2.75) is 13.1 Å². The van der Waals surface area contributed by atoms with E-state index in [9.17, 15) is 18.0 Å². The highest BCUT2D eigenvalue weighted by molar-refractivity contribution is 7.12. The number of aromatic nitrogens is 3. The van der Waals surface area contributed by atoms with E-state index >= 15 is 0 Å². The average molecular weight is 464 g/mol. The fourth-order valence-corrected chi connectivity index (χ4v) is 3.82. The fraction of sp³-hybridized carbons (Fsp3) is 0.0952. The molecule has 31 heavy (non-hydrogen) atoms. The van der Waals surface area contributed by atoms with Gasteiger partial charge >= 0.3 is 12.1 Å². The highest BCUT2D eigenvalue weighted by atomic mass is 35.5. The van der Waals surface area contributed by atoms with Gasteiger partial charge in [-0.15, -0.1) is 11.3 Å². The maximum absolute atomic E-state index is 13.8. The van der Waals surface area contributed by atoms with Gasteiger partial charge in [-0.2, -0.15) is 18.3 Å². The Balaban J connectivity index is 1.80. The lowest BCUT2D eigenvalue weighted by atomic mass is 10.1. The minimum atomic E-state index is -4.67. The summed E-state index contributed by atoms with van der Waals surface area (Å²) in [4.78, 5) is 15.7. The third-order valence-electron chi connectivity index (χ3n) is 4.23. The number of alkyl halides is 3. The largest absolute Gasteiger partial charge is 0.433 e. The number of carbonyl (C=O) groups excluding carboxylic acids is 1. The number of ether oxygens (including phenoxy) is 1. The molecule has 0 saturated heterocycles. The number of hydrogen-bond acceptors (Lipinski definition) is 5. The summed E-state index contributed by atoms with van der Waals surface area (Å²) in [7, 11) is 0. The molecule has 0 atom stereocenters. The standard InChI is InChI=1S/C21H13ClF3N3O2S/c1-12(29)30-18-5-3-2-4-15(18)16-10-19(21(23,24)25)28(27-16)20-26-17(11-31-20)13-6-8-14(22)9-7-13/h2-11H,1H3. The summed E-state index contributed by atoms with van der Waals surface area (Å²) in [5.74, 6) is -0.468. The van der Waals surface area contributed by atoms with Crippen LogP contribution in [-0.2, 0) is 11.0 Å². The molecular weight excluding hydrogens is 451 g/mol. The summed E-state index contributed by atoms with van der Waals surface area (Å²) in [6, 6.07) is 14.0. The van der Waals surface area contributed by atoms with Gasteiger partial charge in [0.05, 0.1) is 11.4 Å². The molecule has 0 radical (unpaired) electrons. The lowest BCUT2D eigenvalue weighted by Gasteiger charge is -2.07. The Labute approximate surface area is 183 Å². The van der Waals surface area contributed by atoms with Crippen molar-refractivity contribution in [1.82, 2.24) is 14.8 Å². The molecule has 0 bridgehead atoms. The Morgan fingerprint density at radius 1 is 1.10 bits per heavy atom. The van der Waals surface area contributed by atoms with Gasteiger partial charge in [0.15, 0.2) is 5.69 Å². The van der Waals surface area contributed by atoms with Gasteiger partial charge in [-0.05, 0) is 30.3 Å². The molecular formula is C21H13ClF3N3O2S. The van der Waals surface area contributed by atoms with Crippen molar-refractivity contribution < 1.29 is 22.7 Å². The monoisotopic (exact) mass is 463 g/mol. The molecule has 4 rings (SSSR count). The highest BCUT2D eigenvalue weighted by Crippen LogP contribution is 2.37. The molecule has 4 aromatic rings. The van der Waals surface area contributed by atoms with Crippen molar-refractivity contribution in [2.24, 2.45) is 0 Å². The Hall–Kier alpha value is -3.17. The molecule has 0 spiro atoms. The van der Waals surface area contributed by atoms with E-state index in [0.717, 1.165) is 22.1 Å². The first-order valence-corrected chi connectivity index (χ1v) is 10.1. The Morgan fingerprint density at radius 3 is 2.48 bits per heavy atom. The van der Waals surface area contributed by atoms with E-state index in [1.807, 2.05) is 0 Å². The van der Waals surface area contributed by atoms with Crippen molar-refractivity contribution in [3.05, 3.63) is 70.7 Å². The summed E-state index contributed by atoms with van der Waals surface area (Å²) in [6.07, 6.45) is -4.67. The quantitative estimate of drug-likeness (QED) is 0.265. The molecule has 2 heterocycles. The van der Waals surface area contributed by atoms with Gasteiger partial charge in [-0.1, -0.05) is 35.9 Å². The summed E-state index contributed by atoms with van der Waals surface area (Å²) < 4.78 is 47.2. The van der Waals surface area contributed by atoms with Crippen LogP contribution in [0.4, 0.5) is 13.2 Å². The summed E-state index contributed by atoms with van der Waals surface area (Å²) >= 11 is 6.91. The van der Waals surface area contributed by atoms with E-state index in [4.69, 9.17) is 16.3 Å². The Morgan fingerprint density at radius 2 is 1.81 bits per heavy atom. The van der Waals surface area contributed by atoms with Gasteiger partial charge in [-0.25, -0.2) is 9.67 Å². The van der Waals surface area contributed by atoms with E-state index in [-0.39, 0.29) is 22.1 Å². The second-order valence-electron chi connectivity index (χ2n) is 6.44. The van der Waals surface area contributed by atoms with Gasteiger partial charge in [0, 0.05) is 28.5 Å². The number of halogens is 4. The zero-order valence-electron chi connectivity index (χ0n) is 15.9. The van der Waals surface area contributed by atoms with Gasteiger partial charge in [0.25, 0.3) is 0 Å². The molecule has 0 aliphatic heterocycles. The Kier molecular flexibility index (Phi) is 5.55. The van der Waals surface area contributed by atoms with Crippen LogP contribution in [0.5, 0.6) is 5.75 Å². The molecule has 0 saturated carbocycles. The normalized spacial score (nSPS) is 11.5. The van der Waals surface area contributed by atoms with Gasteiger partial charge in [0.2, 0.25) is 5.13 Å². The molecule has 5 nitrogen and oxygen atoms in total. The molecule has 0 N–H and O–H groups in total. The molecule has 0 unspecified atom stereocenters. The lowest BCUT2D eigenvalue weighted by Crippen LogP contribution is -2.13. The van der Waals surface area contributed by atoms with E-state index in [1.165, 1.54) is 19.1 Å². The summed E-state index contributed by atoms with van der Waals surface area (Å²) in [6.45, 7) is 1.21. The van der Waals surface area contributed by atoms with Crippen LogP contribution >= 0.6 is 22.9 Å². The van der Waals surface area contributed by atoms with Crippen molar-refractivity contribution in [1.29, 1.82) is 0 Å². The average Bonchev–Trinajstić information content (AvgIpc) is 3.35. The minimum absolute atomic E-state index is 0.00687. The van der Waals surface area contributed by atoms with E-state index in [1.54, 1.807) is 41.8 Å². The fourth-order valence-electron chi connectivity index (χ4n) is 2.90. The molecule has 0 fully saturated rings. The van der Waals surface area contributed by atoms with Crippen molar-refractivity contribution in [2.75, 3.05) is 0 Å². The maximum Gasteiger partial charge on any atom is 0.433 e. The number of nitrogens with zero attached hydrogens (tertiary/aromatic N) is 3. The zero-order chi connectivity index (χ0) is 22.2. The summed E-state index contributed by atoms with van der Waals surface area (Å²) in [5.41, 5.74) is 0.496. The number of carbonyl (C=O) groups is 1. The van der Waals surface area contributed by atoms with Crippen LogP contribution in [0.1, 0.15) is 12.6 Å². The highest BCUT2D eigenvalue weighted by Gasteiger charge is 2.37. The number of thiazole rings is 1. The third kappa shape index (κ3) is 4.47. The molecule has 0 aliphatic carbocycles. The smallest absolute Gasteiger partial charge is 0.426 e. The minimum Gasteiger partial charge on any atom is -0.426 e. The topological polar surface area (TPSA) is 57.0 Å². The van der Waals surface area contributed by atoms with Crippen LogP contribution in [-0.4, -0.2) is 20.7 Å². The first-order valence-electron chi connectivity index (χ1n) is 8.89. The maximum atomic E-state index is 13.8. The second-order valence-corrected chi connectivity index (χ2v) is 7.71. The molecule has 2 aromatic heterocycles. The lowest BCUT2D eigenvalue weighted by molar-refractivity contribution is -0.142. The van der Waals surface area contributed by atoms with Crippen LogP contribution in [0.2, 0.25) is 5.02 Å². The molecule has 158 valence electrons. The van der Waals surface area contributed by atoms with Crippen LogP contribution in [0, 0.1) is 0 Å². The van der Waals surface area contributed by atoms with Gasteiger partial charge < -0.3 is 4.74 Å². The molecule has 0 aliphatic rings. The number of hydrogen-bond donors (Lipinski definition) is 0. The first kappa shape index (κ1) is 21.1. The van der Waals surface area contributed by atoms with E-state index in [0.29, 0.717) is 16.3 Å². The van der Waals surface area contributed by atoms with Crippen LogP contribution in [0.3, 0.4) is 0 Å². The Bertz CT molecular complexity index is 1250. The first-order chi connectivity index (χ1) is 14.7. The molecule has 10 heteroatoms. The third-order valence-corrected chi connectivity index (χ3v) is 5.30. The van der Waals surface area contributed by atoms with Gasteiger partial charge in [-0.3, -0.25) is 4.79 Å². The zero-order valence-corrected chi connectivity index (χ0v) is 17.4. The number of rotatable bonds is 4. The summed E-state index contributed by atoms with van der Waals surface area (Å²) in [5, 5.41) is 6.38. The predicted molar refractivity (Wildman–Crippen MR) is 111 cm³/mol. The second kappa shape index (κ2) is 8.16. The number of para-hydroxylation sites is 1. The van der Waals surface area contributed by atoms with E-state index < -0.39 is 17.8 Å². The molecule has 2 aromatic carbocycles. The van der Waals surface area contributed by atoms with Gasteiger partial charge in [0.1, 0.15) is 5.75 Å². The van der Waals surface area contributed by atoms with Crippen LogP contribution < -0.4 is 4.74 Å². The number of benzene rings is 2. The van der Waals surface area contributed by atoms with E-state index in [2.05, 4.69) is 10.1 Å². The van der Waals surface area contributed by atoms with Crippen LogP contribution in [0.15, 0.2) is 60.0 Å². The number of esters is 1. The van der Waals surface area contributed by atoms with Crippen LogP contribution in [0.25, 0.3) is 27.6 Å². The predicted octanol–water partition coefficient (Wildman–Crippen LogP) is 6.26. The van der Waals surface area contributed by atoms with Crippen molar-refractivity contribution >= 4 is 28.9 Å².